The number of amides is 2. The zero-order valence-electron chi connectivity index (χ0n) is 15.3. The number of methoxy groups -OCH3 is 1. The Labute approximate surface area is 154 Å². The van der Waals surface area contributed by atoms with Gasteiger partial charge in [0.15, 0.2) is 0 Å². The van der Waals surface area contributed by atoms with Gasteiger partial charge in [0, 0.05) is 45.4 Å². The maximum Gasteiger partial charge on any atom is 0.222 e. The zero-order chi connectivity index (χ0) is 18.8. The number of hydrogen-bond acceptors (Lipinski definition) is 4. The van der Waals surface area contributed by atoms with Crippen molar-refractivity contribution in [1.29, 1.82) is 0 Å². The summed E-state index contributed by atoms with van der Waals surface area (Å²) in [6.45, 7) is 2.96. The first-order valence-corrected chi connectivity index (χ1v) is 8.62. The molecule has 0 saturated carbocycles. The number of ether oxygens (including phenoxy) is 1. The number of aromatic nitrogens is 1. The van der Waals surface area contributed by atoms with Gasteiger partial charge in [0.2, 0.25) is 11.8 Å². The van der Waals surface area contributed by atoms with Crippen LogP contribution in [0, 0.1) is 0 Å². The van der Waals surface area contributed by atoms with Gasteiger partial charge in [-0.3, -0.25) is 14.6 Å². The van der Waals surface area contributed by atoms with Gasteiger partial charge >= 0.3 is 0 Å². The summed E-state index contributed by atoms with van der Waals surface area (Å²) in [5.41, 5.74) is 2.07. The molecule has 6 heteroatoms. The Kier molecular flexibility index (Phi) is 7.61. The predicted molar refractivity (Wildman–Crippen MR) is 99.7 cm³/mol. The first-order valence-electron chi connectivity index (χ1n) is 8.62. The van der Waals surface area contributed by atoms with Gasteiger partial charge in [-0.15, -0.1) is 0 Å². The monoisotopic (exact) mass is 355 g/mol. The summed E-state index contributed by atoms with van der Waals surface area (Å²) in [5, 5.41) is 2.85. The van der Waals surface area contributed by atoms with Gasteiger partial charge < -0.3 is 15.0 Å². The van der Waals surface area contributed by atoms with E-state index in [2.05, 4.69) is 10.3 Å². The van der Waals surface area contributed by atoms with E-state index in [9.17, 15) is 9.59 Å². The lowest BCUT2D eigenvalue weighted by molar-refractivity contribution is -0.129. The van der Waals surface area contributed by atoms with E-state index in [-0.39, 0.29) is 18.2 Å². The second kappa shape index (κ2) is 10.2. The van der Waals surface area contributed by atoms with E-state index in [4.69, 9.17) is 4.74 Å². The van der Waals surface area contributed by atoms with Crippen molar-refractivity contribution < 1.29 is 14.3 Å². The van der Waals surface area contributed by atoms with Crippen molar-refractivity contribution in [3.8, 4) is 5.75 Å². The Balaban J connectivity index is 1.76. The van der Waals surface area contributed by atoms with E-state index in [1.54, 1.807) is 24.4 Å². The van der Waals surface area contributed by atoms with Crippen molar-refractivity contribution in [2.75, 3.05) is 20.2 Å². The maximum absolute atomic E-state index is 12.0. The maximum atomic E-state index is 12.0. The van der Waals surface area contributed by atoms with E-state index in [1.165, 1.54) is 6.92 Å². The van der Waals surface area contributed by atoms with Gasteiger partial charge in [0.1, 0.15) is 5.75 Å². The fourth-order valence-corrected chi connectivity index (χ4v) is 2.51. The molecule has 0 aliphatic rings. The molecule has 0 bridgehead atoms. The van der Waals surface area contributed by atoms with Crippen LogP contribution in [0.4, 0.5) is 0 Å². The zero-order valence-corrected chi connectivity index (χ0v) is 15.3. The summed E-state index contributed by atoms with van der Waals surface area (Å²) >= 11 is 0. The highest BCUT2D eigenvalue weighted by Gasteiger charge is 2.11. The van der Waals surface area contributed by atoms with Gasteiger partial charge in [-0.1, -0.05) is 18.2 Å². The molecular formula is C20H25N3O3. The number of hydrogen-bond donors (Lipinski definition) is 1. The normalized spacial score (nSPS) is 10.2. The molecule has 2 rings (SSSR count). The van der Waals surface area contributed by atoms with Gasteiger partial charge in [-0.05, 0) is 35.7 Å². The molecule has 2 aromatic rings. The van der Waals surface area contributed by atoms with Gasteiger partial charge in [0.05, 0.1) is 7.11 Å². The predicted octanol–water partition coefficient (Wildman–Crippen LogP) is 2.19. The Morgan fingerprint density at radius 1 is 1.12 bits per heavy atom. The van der Waals surface area contributed by atoms with Gasteiger partial charge in [0.25, 0.3) is 0 Å². The molecule has 1 heterocycles. The lowest BCUT2D eigenvalue weighted by atomic mass is 10.1. The average Bonchev–Trinajstić information content (AvgIpc) is 2.67. The van der Waals surface area contributed by atoms with Crippen molar-refractivity contribution in [2.45, 2.75) is 26.3 Å². The van der Waals surface area contributed by atoms with Crippen LogP contribution in [0.25, 0.3) is 0 Å². The molecule has 0 aliphatic heterocycles. The van der Waals surface area contributed by atoms with Crippen LogP contribution in [-0.4, -0.2) is 41.9 Å². The number of benzene rings is 1. The van der Waals surface area contributed by atoms with Gasteiger partial charge in [-0.25, -0.2) is 0 Å². The number of nitrogens with zero attached hydrogens (tertiary/aromatic N) is 2. The first kappa shape index (κ1) is 19.4. The summed E-state index contributed by atoms with van der Waals surface area (Å²) in [6.07, 6.45) is 4.43. The molecule has 6 nitrogen and oxygen atoms in total. The van der Waals surface area contributed by atoms with E-state index >= 15 is 0 Å². The fraction of sp³-hybridized carbons (Fsp3) is 0.350. The molecule has 0 aliphatic carbocycles. The Hall–Kier alpha value is -2.89. The van der Waals surface area contributed by atoms with Crippen molar-refractivity contribution in [3.05, 3.63) is 59.9 Å². The van der Waals surface area contributed by atoms with Crippen LogP contribution in [0.15, 0.2) is 48.8 Å². The number of carbonyl (C=O) groups excluding carboxylic acids is 2. The van der Waals surface area contributed by atoms with Crippen molar-refractivity contribution in [3.63, 3.8) is 0 Å². The highest BCUT2D eigenvalue weighted by molar-refractivity contribution is 5.78. The third-order valence-corrected chi connectivity index (χ3v) is 4.10. The molecule has 1 aromatic carbocycles. The number of nitrogens with one attached hydrogen (secondary N) is 1. The highest BCUT2D eigenvalue weighted by atomic mass is 16.5. The lowest BCUT2D eigenvalue weighted by Crippen LogP contribution is -2.35. The molecule has 0 saturated heterocycles. The Bertz CT molecular complexity index is 702. The number of rotatable bonds is 9. The molecule has 26 heavy (non-hydrogen) atoms. The van der Waals surface area contributed by atoms with Crippen LogP contribution in [0.5, 0.6) is 5.75 Å². The van der Waals surface area contributed by atoms with Crippen LogP contribution in [0.1, 0.15) is 24.5 Å². The minimum absolute atomic E-state index is 0.0291. The first-order chi connectivity index (χ1) is 12.6. The number of pyridine rings is 1. The molecule has 0 fully saturated rings. The average molecular weight is 355 g/mol. The van der Waals surface area contributed by atoms with E-state index < -0.39 is 0 Å². The minimum Gasteiger partial charge on any atom is -0.497 e. The summed E-state index contributed by atoms with van der Waals surface area (Å²) < 4.78 is 5.14. The fourth-order valence-electron chi connectivity index (χ4n) is 2.51. The van der Waals surface area contributed by atoms with E-state index in [1.807, 2.05) is 36.4 Å². The molecule has 0 spiro atoms. The molecular weight excluding hydrogens is 330 g/mol. The summed E-state index contributed by atoms with van der Waals surface area (Å²) in [4.78, 5) is 29.5. The minimum atomic E-state index is -0.0791. The highest BCUT2D eigenvalue weighted by Crippen LogP contribution is 2.12. The standard InChI is InChI=1S/C20H25N3O3/c1-16(24)23(12-9-17-5-7-19(26-2)8-6-17)13-10-20(25)22-15-18-4-3-11-21-14-18/h3-8,11,14H,9-10,12-13,15H2,1-2H3,(H,22,25). The second-order valence-electron chi connectivity index (χ2n) is 5.99. The van der Waals surface area contributed by atoms with Crippen LogP contribution in [-0.2, 0) is 22.6 Å². The van der Waals surface area contributed by atoms with Crippen molar-refractivity contribution in [1.82, 2.24) is 15.2 Å². The molecule has 1 aromatic heterocycles. The van der Waals surface area contributed by atoms with Crippen LogP contribution >= 0.6 is 0 Å². The molecule has 2 amide bonds. The Morgan fingerprint density at radius 3 is 2.50 bits per heavy atom. The molecule has 0 radical (unpaired) electrons. The third kappa shape index (κ3) is 6.55. The molecule has 138 valence electrons. The summed E-state index contributed by atoms with van der Waals surface area (Å²) in [5.74, 6) is 0.700. The molecule has 1 N–H and O–H groups in total. The van der Waals surface area contributed by atoms with Crippen LogP contribution in [0.3, 0.4) is 0 Å². The SMILES string of the molecule is COc1ccc(CCN(CCC(=O)NCc2cccnc2)C(C)=O)cc1. The molecule has 0 atom stereocenters. The molecule has 0 unspecified atom stereocenters. The van der Waals surface area contributed by atoms with Gasteiger partial charge in [-0.2, -0.15) is 0 Å². The quantitative estimate of drug-likeness (QED) is 0.748. The summed E-state index contributed by atoms with van der Waals surface area (Å²) in [7, 11) is 1.63. The second-order valence-corrected chi connectivity index (χ2v) is 5.99. The van der Waals surface area contributed by atoms with Crippen molar-refractivity contribution in [2.24, 2.45) is 0 Å². The largest absolute Gasteiger partial charge is 0.497 e. The van der Waals surface area contributed by atoms with E-state index in [0.29, 0.717) is 19.6 Å². The van der Waals surface area contributed by atoms with Crippen LogP contribution in [0.2, 0.25) is 0 Å². The Morgan fingerprint density at radius 2 is 1.88 bits per heavy atom. The summed E-state index contributed by atoms with van der Waals surface area (Å²) in [6, 6.07) is 11.5. The third-order valence-electron chi connectivity index (χ3n) is 4.10. The van der Waals surface area contributed by atoms with E-state index in [0.717, 1.165) is 23.3 Å². The topological polar surface area (TPSA) is 71.5 Å². The smallest absolute Gasteiger partial charge is 0.222 e. The van der Waals surface area contributed by atoms with Crippen molar-refractivity contribution >= 4 is 11.8 Å². The van der Waals surface area contributed by atoms with Crippen LogP contribution < -0.4 is 10.1 Å². The number of carbonyl (C=O) groups is 2. The lowest BCUT2D eigenvalue weighted by Gasteiger charge is -2.21.